The van der Waals surface area contributed by atoms with Gasteiger partial charge in [0.1, 0.15) is 6.61 Å². The van der Waals surface area contributed by atoms with Crippen molar-refractivity contribution in [1.29, 1.82) is 0 Å². The zero-order valence-corrected chi connectivity index (χ0v) is 21.5. The Morgan fingerprint density at radius 1 is 0.919 bits per heavy atom. The van der Waals surface area contributed by atoms with Crippen molar-refractivity contribution in [1.82, 2.24) is 10.3 Å². The summed E-state index contributed by atoms with van der Waals surface area (Å²) in [6.07, 6.45) is 2.56. The van der Waals surface area contributed by atoms with E-state index < -0.39 is 6.09 Å². The molecule has 0 aliphatic rings. The third kappa shape index (κ3) is 7.14. The average molecular weight is 561 g/mol. The molecule has 0 spiro atoms. The number of halogens is 1. The molecule has 37 heavy (non-hydrogen) atoms. The van der Waals surface area contributed by atoms with E-state index in [4.69, 9.17) is 4.74 Å². The lowest BCUT2D eigenvalue weighted by Crippen LogP contribution is -2.36. The Morgan fingerprint density at radius 2 is 1.68 bits per heavy atom. The lowest BCUT2D eigenvalue weighted by atomic mass is 10.1. The molecule has 188 valence electrons. The minimum atomic E-state index is -0.603. The van der Waals surface area contributed by atoms with Crippen LogP contribution in [0, 0.1) is 0 Å². The van der Waals surface area contributed by atoms with E-state index >= 15 is 0 Å². The lowest BCUT2D eigenvalue weighted by molar-refractivity contribution is -0.121. The van der Waals surface area contributed by atoms with E-state index in [1.165, 1.54) is 11.1 Å². The van der Waals surface area contributed by atoms with Crippen LogP contribution in [0.4, 0.5) is 16.2 Å². The van der Waals surface area contributed by atoms with Crippen LogP contribution in [0.25, 0.3) is 10.8 Å². The first-order valence-electron chi connectivity index (χ1n) is 11.7. The van der Waals surface area contributed by atoms with Crippen molar-refractivity contribution in [2.24, 2.45) is 0 Å². The van der Waals surface area contributed by atoms with Gasteiger partial charge in [0.05, 0.1) is 17.8 Å². The highest BCUT2D eigenvalue weighted by Gasteiger charge is 2.19. The summed E-state index contributed by atoms with van der Waals surface area (Å²) in [4.78, 5) is 43.4. The van der Waals surface area contributed by atoms with Crippen LogP contribution in [0.5, 0.6) is 0 Å². The quantitative estimate of drug-likeness (QED) is 0.267. The highest BCUT2D eigenvalue weighted by molar-refractivity contribution is 9.10. The first-order valence-corrected chi connectivity index (χ1v) is 12.5. The minimum absolute atomic E-state index is 0.00732. The van der Waals surface area contributed by atoms with Crippen LogP contribution in [-0.4, -0.2) is 42.6 Å². The van der Waals surface area contributed by atoms with E-state index in [1.807, 2.05) is 66.7 Å². The molecule has 0 bridgehead atoms. The molecule has 8 nitrogen and oxygen atoms in total. The first kappa shape index (κ1) is 25.8. The molecule has 1 heterocycles. The summed E-state index contributed by atoms with van der Waals surface area (Å²) < 4.78 is 5.90. The number of carbonyl (C=O) groups is 3. The van der Waals surface area contributed by atoms with Crippen LogP contribution in [-0.2, 0) is 9.53 Å². The van der Waals surface area contributed by atoms with Gasteiger partial charge in [-0.3, -0.25) is 19.9 Å². The van der Waals surface area contributed by atoms with Crippen LogP contribution in [0.2, 0.25) is 0 Å². The molecule has 0 fully saturated rings. The molecule has 4 rings (SSSR count). The molecule has 3 aromatic carbocycles. The SMILES string of the molecule is O=C(CCN(C(=O)c1cncc(Br)c1)c1ccccc1)NCCOC(=O)Nc1cccc2ccccc12. The summed E-state index contributed by atoms with van der Waals surface area (Å²) >= 11 is 3.33. The van der Waals surface area contributed by atoms with Crippen molar-refractivity contribution in [3.05, 3.63) is 101 Å². The molecular formula is C28H25BrN4O4. The number of hydrogen-bond donors (Lipinski definition) is 2. The van der Waals surface area contributed by atoms with Gasteiger partial charge in [-0.25, -0.2) is 4.79 Å². The fourth-order valence-corrected chi connectivity index (χ4v) is 4.12. The first-order chi connectivity index (χ1) is 18.0. The van der Waals surface area contributed by atoms with E-state index in [-0.39, 0.29) is 37.9 Å². The summed E-state index contributed by atoms with van der Waals surface area (Å²) in [6, 6.07) is 24.1. The minimum Gasteiger partial charge on any atom is -0.447 e. The number of ether oxygens (including phenoxy) is 1. The van der Waals surface area contributed by atoms with Gasteiger partial charge in [0.15, 0.2) is 0 Å². The molecule has 0 saturated carbocycles. The molecule has 3 amide bonds. The molecule has 0 atom stereocenters. The van der Waals surface area contributed by atoms with Gasteiger partial charge >= 0.3 is 6.09 Å². The number of rotatable bonds is 9. The second-order valence-corrected chi connectivity index (χ2v) is 8.99. The summed E-state index contributed by atoms with van der Waals surface area (Å²) in [7, 11) is 0. The second-order valence-electron chi connectivity index (χ2n) is 8.07. The normalized spacial score (nSPS) is 10.5. The summed E-state index contributed by atoms with van der Waals surface area (Å²) in [5.41, 5.74) is 1.73. The smallest absolute Gasteiger partial charge is 0.411 e. The Hall–Kier alpha value is -4.24. The van der Waals surface area contributed by atoms with Gasteiger partial charge in [0, 0.05) is 40.9 Å². The molecule has 4 aromatic rings. The maximum absolute atomic E-state index is 13.1. The maximum Gasteiger partial charge on any atom is 0.411 e. The predicted molar refractivity (Wildman–Crippen MR) is 147 cm³/mol. The number of carbonyl (C=O) groups excluding carboxylic acids is 3. The zero-order chi connectivity index (χ0) is 26.0. The second kappa shape index (κ2) is 12.6. The Labute approximate surface area is 222 Å². The number of aromatic nitrogens is 1. The largest absolute Gasteiger partial charge is 0.447 e. The molecule has 9 heteroatoms. The van der Waals surface area contributed by atoms with Crippen molar-refractivity contribution in [3.63, 3.8) is 0 Å². The zero-order valence-electron chi connectivity index (χ0n) is 19.9. The van der Waals surface area contributed by atoms with Crippen molar-refractivity contribution in [3.8, 4) is 0 Å². The predicted octanol–water partition coefficient (Wildman–Crippen LogP) is 5.40. The maximum atomic E-state index is 13.1. The fraction of sp³-hybridized carbons (Fsp3) is 0.143. The molecule has 0 unspecified atom stereocenters. The fourth-order valence-electron chi connectivity index (χ4n) is 3.76. The highest BCUT2D eigenvalue weighted by Crippen LogP contribution is 2.23. The number of para-hydroxylation sites is 1. The Balaban J connectivity index is 1.26. The number of fused-ring (bicyclic) bond motifs is 1. The molecule has 0 aliphatic carbocycles. The van der Waals surface area contributed by atoms with Gasteiger partial charge in [-0.15, -0.1) is 0 Å². The van der Waals surface area contributed by atoms with Crippen molar-refractivity contribution in [2.75, 3.05) is 29.9 Å². The number of nitrogens with zero attached hydrogens (tertiary/aromatic N) is 2. The Bertz CT molecular complexity index is 1390. The Morgan fingerprint density at radius 3 is 2.49 bits per heavy atom. The van der Waals surface area contributed by atoms with Gasteiger partial charge < -0.3 is 15.0 Å². The summed E-state index contributed by atoms with van der Waals surface area (Å²) in [5.74, 6) is -0.527. The average Bonchev–Trinajstić information content (AvgIpc) is 2.92. The standard InChI is InChI=1S/C28H25BrN4O4/c29-22-17-21(18-30-19-22)27(35)33(23-9-2-1-3-10-23)15-13-26(34)31-14-16-37-28(36)32-25-12-6-8-20-7-4-5-11-24(20)25/h1-12,17-19H,13-16H2,(H,31,34)(H,32,36). The van der Waals surface area contributed by atoms with E-state index in [1.54, 1.807) is 18.3 Å². The molecule has 0 radical (unpaired) electrons. The van der Waals surface area contributed by atoms with Gasteiger partial charge in [-0.05, 0) is 45.6 Å². The molecule has 2 N–H and O–H groups in total. The third-order valence-electron chi connectivity index (χ3n) is 5.51. The number of nitrogens with one attached hydrogen (secondary N) is 2. The molecular weight excluding hydrogens is 536 g/mol. The molecule has 1 aromatic heterocycles. The monoisotopic (exact) mass is 560 g/mol. The third-order valence-corrected chi connectivity index (χ3v) is 5.94. The lowest BCUT2D eigenvalue weighted by Gasteiger charge is -2.22. The van der Waals surface area contributed by atoms with Crippen LogP contribution in [0.3, 0.4) is 0 Å². The van der Waals surface area contributed by atoms with Crippen molar-refractivity contribution >= 4 is 56.0 Å². The van der Waals surface area contributed by atoms with E-state index in [2.05, 4.69) is 31.5 Å². The van der Waals surface area contributed by atoms with Gasteiger partial charge in [-0.2, -0.15) is 0 Å². The number of benzene rings is 3. The summed E-state index contributed by atoms with van der Waals surface area (Å²) in [6.45, 7) is 0.327. The highest BCUT2D eigenvalue weighted by atomic mass is 79.9. The van der Waals surface area contributed by atoms with Crippen molar-refractivity contribution in [2.45, 2.75) is 6.42 Å². The van der Waals surface area contributed by atoms with Gasteiger partial charge in [-0.1, -0.05) is 54.6 Å². The number of amides is 3. The van der Waals surface area contributed by atoms with Gasteiger partial charge in [0.25, 0.3) is 5.91 Å². The van der Waals surface area contributed by atoms with Gasteiger partial charge in [0.2, 0.25) is 5.91 Å². The summed E-state index contributed by atoms with van der Waals surface area (Å²) in [5, 5.41) is 7.38. The number of anilines is 2. The van der Waals surface area contributed by atoms with E-state index in [9.17, 15) is 14.4 Å². The topological polar surface area (TPSA) is 101 Å². The van der Waals surface area contributed by atoms with E-state index in [0.717, 1.165) is 10.8 Å². The number of pyridine rings is 1. The van der Waals surface area contributed by atoms with Crippen molar-refractivity contribution < 1.29 is 19.1 Å². The molecule has 0 saturated heterocycles. The van der Waals surface area contributed by atoms with Crippen LogP contribution >= 0.6 is 15.9 Å². The number of hydrogen-bond acceptors (Lipinski definition) is 5. The van der Waals surface area contributed by atoms with Crippen LogP contribution in [0.1, 0.15) is 16.8 Å². The van der Waals surface area contributed by atoms with Crippen LogP contribution < -0.4 is 15.5 Å². The Kier molecular flexibility index (Phi) is 8.83. The van der Waals surface area contributed by atoms with Crippen LogP contribution in [0.15, 0.2) is 95.7 Å². The molecule has 0 aliphatic heterocycles. The van der Waals surface area contributed by atoms with E-state index in [0.29, 0.717) is 21.4 Å².